The van der Waals surface area contributed by atoms with Crippen LogP contribution in [-0.2, 0) is 24.1 Å². The summed E-state index contributed by atoms with van der Waals surface area (Å²) in [5.74, 6) is 2.64. The molecule has 9 heteroatoms. The van der Waals surface area contributed by atoms with Gasteiger partial charge in [-0.2, -0.15) is 0 Å². The Morgan fingerprint density at radius 2 is 1.93 bits per heavy atom. The lowest BCUT2D eigenvalue weighted by Crippen LogP contribution is -2.38. The van der Waals surface area contributed by atoms with Gasteiger partial charge in [0.1, 0.15) is 5.82 Å². The number of ether oxygens (including phenoxy) is 1. The third-order valence-corrected chi connectivity index (χ3v) is 5.91. The van der Waals surface area contributed by atoms with Crippen LogP contribution in [-0.4, -0.2) is 50.6 Å². The highest BCUT2D eigenvalue weighted by molar-refractivity contribution is 7.98. The third-order valence-electron chi connectivity index (χ3n) is 4.95. The minimum absolute atomic E-state index is 0.0242. The van der Waals surface area contributed by atoms with E-state index >= 15 is 0 Å². The first kappa shape index (κ1) is 19.9. The molecule has 3 heterocycles. The number of fused-ring (bicyclic) bond motifs is 1. The van der Waals surface area contributed by atoms with E-state index in [2.05, 4.69) is 33.5 Å². The number of nitrogens with zero attached hydrogens (tertiary/aromatic N) is 6. The van der Waals surface area contributed by atoms with Gasteiger partial charge in [-0.3, -0.25) is 13.9 Å². The highest BCUT2D eigenvalue weighted by Gasteiger charge is 2.21. The number of para-hydroxylation sites is 1. The Labute approximate surface area is 173 Å². The molecule has 0 N–H and O–H groups in total. The molecule has 8 nitrogen and oxygen atoms in total. The van der Waals surface area contributed by atoms with Crippen LogP contribution in [0.25, 0.3) is 10.9 Å². The Balaban J connectivity index is 1.61. The summed E-state index contributed by atoms with van der Waals surface area (Å²) >= 11 is 1.57. The van der Waals surface area contributed by atoms with Crippen molar-refractivity contribution in [3.63, 3.8) is 0 Å². The number of benzene rings is 1. The van der Waals surface area contributed by atoms with Gasteiger partial charge in [0.15, 0.2) is 5.16 Å². The fraction of sp³-hybridized carbons (Fsp3) is 0.500. The third kappa shape index (κ3) is 4.16. The van der Waals surface area contributed by atoms with Crippen molar-refractivity contribution in [3.05, 3.63) is 40.4 Å². The molecule has 0 saturated carbocycles. The Hall–Kier alpha value is -2.39. The molecule has 3 aromatic rings. The molecule has 0 spiro atoms. The summed E-state index contributed by atoms with van der Waals surface area (Å²) in [4.78, 5) is 19.6. The van der Waals surface area contributed by atoms with Crippen LogP contribution in [0.1, 0.15) is 19.7 Å². The minimum atomic E-state index is -0.0242. The van der Waals surface area contributed by atoms with Gasteiger partial charge in [0.2, 0.25) is 5.95 Å². The maximum atomic E-state index is 12.6. The zero-order valence-corrected chi connectivity index (χ0v) is 17.9. The van der Waals surface area contributed by atoms with Crippen LogP contribution in [0.2, 0.25) is 0 Å². The van der Waals surface area contributed by atoms with Gasteiger partial charge in [-0.05, 0) is 18.1 Å². The van der Waals surface area contributed by atoms with Gasteiger partial charge in [-0.25, -0.2) is 4.98 Å². The van der Waals surface area contributed by atoms with Crippen LogP contribution in [0, 0.1) is 5.92 Å². The normalized spacial score (nSPS) is 14.8. The van der Waals surface area contributed by atoms with Crippen LogP contribution < -0.4 is 10.5 Å². The second kappa shape index (κ2) is 8.54. The van der Waals surface area contributed by atoms with Gasteiger partial charge >= 0.3 is 0 Å². The Morgan fingerprint density at radius 1 is 1.17 bits per heavy atom. The van der Waals surface area contributed by atoms with Crippen LogP contribution in [0.3, 0.4) is 0 Å². The van der Waals surface area contributed by atoms with E-state index in [4.69, 9.17) is 9.72 Å². The molecule has 0 amide bonds. The molecule has 1 aromatic carbocycles. The summed E-state index contributed by atoms with van der Waals surface area (Å²) in [6, 6.07) is 7.46. The van der Waals surface area contributed by atoms with Gasteiger partial charge in [0.25, 0.3) is 5.56 Å². The zero-order valence-electron chi connectivity index (χ0n) is 17.0. The second-order valence-corrected chi connectivity index (χ2v) is 8.53. The topological polar surface area (TPSA) is 78.1 Å². The van der Waals surface area contributed by atoms with Crippen molar-refractivity contribution < 1.29 is 4.74 Å². The van der Waals surface area contributed by atoms with Gasteiger partial charge < -0.3 is 9.64 Å². The molecule has 0 atom stereocenters. The molecule has 0 aliphatic carbocycles. The van der Waals surface area contributed by atoms with Gasteiger partial charge in [-0.1, -0.05) is 37.7 Å². The molecule has 1 aliphatic rings. The SMILES string of the molecule is CC(C)Cn1c(SCc2nc3ccccc3c(=O)n2C)nnc1N1CCOCC1. The van der Waals surface area contributed by atoms with Crippen molar-refractivity contribution in [3.8, 4) is 0 Å². The smallest absolute Gasteiger partial charge is 0.261 e. The Bertz CT molecular complexity index is 1050. The van der Waals surface area contributed by atoms with Crippen molar-refractivity contribution in [1.82, 2.24) is 24.3 Å². The predicted molar refractivity (Wildman–Crippen MR) is 114 cm³/mol. The Kier molecular flexibility index (Phi) is 5.86. The number of rotatable bonds is 6. The predicted octanol–water partition coefficient (Wildman–Crippen LogP) is 2.31. The molecule has 0 unspecified atom stereocenters. The molecule has 0 bridgehead atoms. The van der Waals surface area contributed by atoms with Crippen molar-refractivity contribution in [1.29, 1.82) is 0 Å². The number of morpholine rings is 1. The molecule has 29 heavy (non-hydrogen) atoms. The van der Waals surface area contributed by atoms with Crippen molar-refractivity contribution >= 4 is 28.6 Å². The average Bonchev–Trinajstić information content (AvgIpc) is 3.12. The first-order chi connectivity index (χ1) is 14.0. The first-order valence-electron chi connectivity index (χ1n) is 9.88. The van der Waals surface area contributed by atoms with Crippen molar-refractivity contribution in [2.24, 2.45) is 13.0 Å². The summed E-state index contributed by atoms with van der Waals surface area (Å²) in [5, 5.41) is 10.4. The highest BCUT2D eigenvalue weighted by Crippen LogP contribution is 2.26. The lowest BCUT2D eigenvalue weighted by Gasteiger charge is -2.28. The molecule has 1 saturated heterocycles. The lowest BCUT2D eigenvalue weighted by atomic mass is 10.2. The van der Waals surface area contributed by atoms with Gasteiger partial charge in [-0.15, -0.1) is 10.2 Å². The Morgan fingerprint density at radius 3 is 2.69 bits per heavy atom. The lowest BCUT2D eigenvalue weighted by molar-refractivity contribution is 0.121. The fourth-order valence-electron chi connectivity index (χ4n) is 3.43. The van der Waals surface area contributed by atoms with Crippen LogP contribution >= 0.6 is 11.8 Å². The van der Waals surface area contributed by atoms with E-state index in [9.17, 15) is 4.79 Å². The van der Waals surface area contributed by atoms with Crippen LogP contribution in [0.5, 0.6) is 0 Å². The van der Waals surface area contributed by atoms with E-state index in [1.165, 1.54) is 0 Å². The monoisotopic (exact) mass is 414 g/mol. The van der Waals surface area contributed by atoms with Gasteiger partial charge in [0.05, 0.1) is 29.9 Å². The molecule has 4 rings (SSSR count). The molecule has 1 aliphatic heterocycles. The molecule has 1 fully saturated rings. The summed E-state index contributed by atoms with van der Waals surface area (Å²) < 4.78 is 9.28. The maximum Gasteiger partial charge on any atom is 0.261 e. The molecular weight excluding hydrogens is 388 g/mol. The molecular formula is C20H26N6O2S. The van der Waals surface area contributed by atoms with Crippen LogP contribution in [0.15, 0.2) is 34.2 Å². The zero-order chi connectivity index (χ0) is 20.4. The average molecular weight is 415 g/mol. The number of hydrogen-bond donors (Lipinski definition) is 0. The van der Waals surface area contributed by atoms with Gasteiger partial charge in [0, 0.05) is 26.7 Å². The summed E-state index contributed by atoms with van der Waals surface area (Å²) in [7, 11) is 1.77. The van der Waals surface area contributed by atoms with Crippen LogP contribution in [0.4, 0.5) is 5.95 Å². The largest absolute Gasteiger partial charge is 0.378 e. The molecule has 0 radical (unpaired) electrons. The summed E-state index contributed by atoms with van der Waals surface area (Å²) in [5.41, 5.74) is 0.702. The van der Waals surface area contributed by atoms with Crippen molar-refractivity contribution in [2.45, 2.75) is 31.3 Å². The van der Waals surface area contributed by atoms with E-state index < -0.39 is 0 Å². The quantitative estimate of drug-likeness (QED) is 0.573. The summed E-state index contributed by atoms with van der Waals surface area (Å²) in [6.07, 6.45) is 0. The first-order valence-corrected chi connectivity index (χ1v) is 10.9. The van der Waals surface area contributed by atoms with E-state index in [-0.39, 0.29) is 5.56 Å². The fourth-order valence-corrected chi connectivity index (χ4v) is 4.36. The van der Waals surface area contributed by atoms with Crippen molar-refractivity contribution in [2.75, 3.05) is 31.2 Å². The summed E-state index contributed by atoms with van der Waals surface area (Å²) in [6.45, 7) is 8.27. The van der Waals surface area contributed by atoms with E-state index in [0.29, 0.717) is 30.3 Å². The number of hydrogen-bond acceptors (Lipinski definition) is 7. The van der Waals surface area contributed by atoms with E-state index in [1.807, 2.05) is 24.3 Å². The van der Waals surface area contributed by atoms with E-state index in [1.54, 1.807) is 23.4 Å². The van der Waals surface area contributed by atoms with E-state index in [0.717, 1.165) is 42.1 Å². The number of aromatic nitrogens is 5. The standard InChI is InChI=1S/C20H26N6O2S/c1-14(2)12-26-19(25-8-10-28-11-9-25)22-23-20(26)29-13-17-21-16-7-5-4-6-15(16)18(27)24(17)3/h4-7,14H,8-13H2,1-3H3. The number of thioether (sulfide) groups is 1. The molecule has 154 valence electrons. The number of anilines is 1. The second-order valence-electron chi connectivity index (χ2n) is 7.58. The minimum Gasteiger partial charge on any atom is -0.378 e. The maximum absolute atomic E-state index is 12.6. The highest BCUT2D eigenvalue weighted by atomic mass is 32.2. The molecule has 2 aromatic heterocycles.